The summed E-state index contributed by atoms with van der Waals surface area (Å²) >= 11 is 25.3. The molecule has 0 bridgehead atoms. The van der Waals surface area contributed by atoms with Crippen molar-refractivity contribution in [3.63, 3.8) is 0 Å². The maximum Gasteiger partial charge on any atom is 0.276 e. The number of halogens is 6. The Labute approximate surface area is 301 Å². The van der Waals surface area contributed by atoms with Gasteiger partial charge in [-0.1, -0.05) is 53.3 Å². The van der Waals surface area contributed by atoms with Crippen molar-refractivity contribution in [3.05, 3.63) is 77.0 Å². The van der Waals surface area contributed by atoms with Crippen LogP contribution >= 0.6 is 46.4 Å². The van der Waals surface area contributed by atoms with Gasteiger partial charge >= 0.3 is 0 Å². The number of phenols is 1. The van der Waals surface area contributed by atoms with Gasteiger partial charge in [0, 0.05) is 37.3 Å². The van der Waals surface area contributed by atoms with Crippen LogP contribution in [0.1, 0.15) is 51.9 Å². The third kappa shape index (κ3) is 6.54. The summed E-state index contributed by atoms with van der Waals surface area (Å²) in [5.74, 6) is 0.487. The first kappa shape index (κ1) is 34.5. The van der Waals surface area contributed by atoms with Crippen molar-refractivity contribution in [2.24, 2.45) is 23.7 Å². The van der Waals surface area contributed by atoms with E-state index in [9.17, 15) is 19.1 Å². The minimum absolute atomic E-state index is 0.0342. The third-order valence-electron chi connectivity index (χ3n) is 10.4. The lowest BCUT2D eigenvalue weighted by atomic mass is 9.94. The summed E-state index contributed by atoms with van der Waals surface area (Å²) < 4.78 is 42.4. The number of ether oxygens (including phenoxy) is 1. The van der Waals surface area contributed by atoms with Crippen LogP contribution in [0, 0.1) is 35.3 Å². The molecule has 3 aliphatic rings. The fourth-order valence-electron chi connectivity index (χ4n) is 7.66. The van der Waals surface area contributed by atoms with Gasteiger partial charge in [0.1, 0.15) is 33.4 Å². The van der Waals surface area contributed by atoms with Crippen LogP contribution in [-0.2, 0) is 26.2 Å². The van der Waals surface area contributed by atoms with E-state index in [1.54, 1.807) is 18.7 Å². The van der Waals surface area contributed by atoms with Gasteiger partial charge < -0.3 is 9.84 Å². The number of fused-ring (bicyclic) bond motifs is 2. The molecule has 1 saturated carbocycles. The number of benzene rings is 2. The van der Waals surface area contributed by atoms with Crippen molar-refractivity contribution in [2.75, 3.05) is 6.61 Å². The zero-order valence-corrected chi connectivity index (χ0v) is 29.9. The van der Waals surface area contributed by atoms with Crippen molar-refractivity contribution in [1.29, 1.82) is 0 Å². The Kier molecular flexibility index (Phi) is 9.62. The van der Waals surface area contributed by atoms with Crippen molar-refractivity contribution >= 4 is 46.4 Å². The molecule has 0 spiro atoms. The van der Waals surface area contributed by atoms with Crippen molar-refractivity contribution in [2.45, 2.75) is 78.0 Å². The number of aromatic nitrogens is 4. The largest absolute Gasteiger partial charge is 0.506 e. The maximum atomic E-state index is 15.1. The van der Waals surface area contributed by atoms with Crippen molar-refractivity contribution in [1.82, 2.24) is 18.7 Å². The molecule has 0 radical (unpaired) electrons. The summed E-state index contributed by atoms with van der Waals surface area (Å²) in [4.78, 5) is 26.4. The van der Waals surface area contributed by atoms with Gasteiger partial charge in [0.05, 0.1) is 27.8 Å². The zero-order valence-electron chi connectivity index (χ0n) is 26.8. The molecular formula is C35H36Cl4F2N4O4. The molecule has 0 saturated heterocycles. The van der Waals surface area contributed by atoms with Gasteiger partial charge in [0.25, 0.3) is 11.1 Å². The average Bonchev–Trinajstić information content (AvgIpc) is 3.67. The second-order valence-electron chi connectivity index (χ2n) is 13.8. The first-order valence-electron chi connectivity index (χ1n) is 16.7. The highest BCUT2D eigenvalue weighted by Crippen LogP contribution is 2.48. The van der Waals surface area contributed by atoms with Gasteiger partial charge in [-0.3, -0.25) is 19.0 Å². The lowest BCUT2D eigenvalue weighted by molar-refractivity contribution is 0.237. The second kappa shape index (κ2) is 13.7. The smallest absolute Gasteiger partial charge is 0.276 e. The van der Waals surface area contributed by atoms with Gasteiger partial charge in [0.15, 0.2) is 0 Å². The van der Waals surface area contributed by atoms with Crippen LogP contribution in [0.25, 0.3) is 22.3 Å². The van der Waals surface area contributed by atoms with E-state index in [1.165, 1.54) is 12.1 Å². The predicted molar refractivity (Wildman–Crippen MR) is 187 cm³/mol. The highest BCUT2D eigenvalue weighted by Gasteiger charge is 2.40. The highest BCUT2D eigenvalue weighted by atomic mass is 35.5. The average molecular weight is 757 g/mol. The Morgan fingerprint density at radius 2 is 1.45 bits per heavy atom. The maximum absolute atomic E-state index is 15.1. The Bertz CT molecular complexity index is 2050. The molecular weight excluding hydrogens is 720 g/mol. The molecule has 4 unspecified atom stereocenters. The molecule has 1 aliphatic carbocycles. The highest BCUT2D eigenvalue weighted by molar-refractivity contribution is 6.34. The third-order valence-corrected chi connectivity index (χ3v) is 11.8. The van der Waals surface area contributed by atoms with Crippen LogP contribution < -0.4 is 15.9 Å². The van der Waals surface area contributed by atoms with E-state index in [2.05, 4.69) is 6.92 Å². The Hall–Kier alpha value is -2.92. The Morgan fingerprint density at radius 1 is 0.837 bits per heavy atom. The predicted octanol–water partition coefficient (Wildman–Crippen LogP) is 8.88. The Morgan fingerprint density at radius 3 is 2.14 bits per heavy atom. The van der Waals surface area contributed by atoms with E-state index in [0.29, 0.717) is 62.2 Å². The molecule has 262 valence electrons. The quantitative estimate of drug-likeness (QED) is 0.175. The van der Waals surface area contributed by atoms with Crippen molar-refractivity contribution in [3.8, 4) is 33.8 Å². The first-order valence-corrected chi connectivity index (χ1v) is 18.2. The van der Waals surface area contributed by atoms with Crippen LogP contribution in [0.5, 0.6) is 11.5 Å². The molecule has 49 heavy (non-hydrogen) atoms. The molecule has 2 aliphatic heterocycles. The molecule has 2 aromatic heterocycles. The summed E-state index contributed by atoms with van der Waals surface area (Å²) in [6, 6.07) is 4.78. The van der Waals surface area contributed by atoms with Gasteiger partial charge in [-0.15, -0.1) is 0 Å². The second-order valence-corrected chi connectivity index (χ2v) is 15.3. The minimum Gasteiger partial charge on any atom is -0.506 e. The number of rotatable bonds is 10. The Balaban J connectivity index is 0.931. The van der Waals surface area contributed by atoms with Crippen molar-refractivity contribution < 1.29 is 18.6 Å². The summed E-state index contributed by atoms with van der Waals surface area (Å²) in [5.41, 5.74) is -0.512. The summed E-state index contributed by atoms with van der Waals surface area (Å²) in [6.07, 6.45) is 6.57. The fourth-order valence-corrected chi connectivity index (χ4v) is 8.73. The molecule has 4 atom stereocenters. The van der Waals surface area contributed by atoms with E-state index in [-0.39, 0.29) is 59.5 Å². The fraction of sp³-hybridized carbons (Fsp3) is 0.486. The van der Waals surface area contributed by atoms with E-state index >= 15 is 4.39 Å². The van der Waals surface area contributed by atoms with E-state index in [0.717, 1.165) is 57.1 Å². The van der Waals surface area contributed by atoms with Crippen LogP contribution in [0.2, 0.25) is 20.4 Å². The molecule has 4 aromatic rings. The summed E-state index contributed by atoms with van der Waals surface area (Å²) in [6.45, 7) is 4.77. The number of phenolic OH excluding ortho intramolecular Hbond substituents is 1. The molecule has 4 heterocycles. The van der Waals surface area contributed by atoms with Crippen LogP contribution in [0.3, 0.4) is 0 Å². The molecule has 7 rings (SSSR count). The van der Waals surface area contributed by atoms with E-state index < -0.39 is 11.6 Å². The molecule has 14 heteroatoms. The molecule has 1 fully saturated rings. The van der Waals surface area contributed by atoms with Gasteiger partial charge in [0.2, 0.25) is 0 Å². The van der Waals surface area contributed by atoms with Gasteiger partial charge in [-0.2, -0.15) is 0 Å². The van der Waals surface area contributed by atoms with Crippen LogP contribution in [-0.4, -0.2) is 30.4 Å². The van der Waals surface area contributed by atoms with Crippen LogP contribution in [0.15, 0.2) is 33.9 Å². The first-order chi connectivity index (χ1) is 23.4. The van der Waals surface area contributed by atoms with Gasteiger partial charge in [-0.25, -0.2) is 18.1 Å². The molecule has 1 N–H and O–H groups in total. The standard InChI is InChI=1S/C35H36Cl4F2N4O4/c1-18(5-9-49-29-14-23(27(41)16-25(29)37)31-32(38)42-6-2-3-7-44(42)34(31)47)10-20-12-21(20)11-19-4-8-43-33(39)30(35(48)45(43)17-19)22-13-28(46)24(36)15-26(22)40/h13-16,18-21,46H,2-12,17H2,1H3. The van der Waals surface area contributed by atoms with Crippen LogP contribution in [0.4, 0.5) is 8.78 Å². The number of aromatic hydroxyl groups is 1. The molecule has 8 nitrogen and oxygen atoms in total. The lowest BCUT2D eigenvalue weighted by Gasteiger charge is -2.26. The summed E-state index contributed by atoms with van der Waals surface area (Å²) in [5, 5.41) is 10.4. The summed E-state index contributed by atoms with van der Waals surface area (Å²) in [7, 11) is 0. The number of nitrogens with zero attached hydrogens (tertiary/aromatic N) is 4. The lowest BCUT2D eigenvalue weighted by Crippen LogP contribution is -2.33. The normalized spacial score (nSPS) is 20.6. The number of hydrogen-bond donors (Lipinski definition) is 1. The van der Waals surface area contributed by atoms with Gasteiger partial charge in [-0.05, 0) is 92.9 Å². The molecule has 2 aromatic carbocycles. The molecule has 0 amide bonds. The SMILES string of the molecule is CC(CCOc1cc(-c2c(Cl)n3n(c2=O)CCCC3)c(F)cc1Cl)CC1CC1CC1CCn2c(Cl)c(-c3cc(O)c(Cl)cc3F)c(=O)n2C1. The van der Waals surface area contributed by atoms with E-state index in [1.807, 2.05) is 0 Å². The topological polar surface area (TPSA) is 83.3 Å². The number of hydrogen-bond acceptors (Lipinski definition) is 4. The zero-order chi connectivity index (χ0) is 34.7. The minimum atomic E-state index is -0.718. The monoisotopic (exact) mass is 754 g/mol. The van der Waals surface area contributed by atoms with E-state index in [4.69, 9.17) is 51.1 Å².